The fourth-order valence-electron chi connectivity index (χ4n) is 2.37. The minimum Gasteiger partial charge on any atom is -0.309 e. The predicted molar refractivity (Wildman–Crippen MR) is 85.3 cm³/mol. The van der Waals surface area contributed by atoms with Gasteiger partial charge in [0.1, 0.15) is 0 Å². The molecule has 1 aromatic carbocycles. The van der Waals surface area contributed by atoms with E-state index in [9.17, 15) is 0 Å². The van der Waals surface area contributed by atoms with Gasteiger partial charge in [0.15, 0.2) is 0 Å². The summed E-state index contributed by atoms with van der Waals surface area (Å²) in [6.07, 6.45) is 2.09. The van der Waals surface area contributed by atoms with Crippen LogP contribution in [-0.2, 0) is 6.42 Å². The molecule has 3 nitrogen and oxygen atoms in total. The van der Waals surface area contributed by atoms with Gasteiger partial charge in [-0.2, -0.15) is 0 Å². The Balaban J connectivity index is 2.29. The maximum atomic E-state index is 4.27. The zero-order chi connectivity index (χ0) is 14.5. The maximum Gasteiger partial charge on any atom is 0.0807 e. The van der Waals surface area contributed by atoms with E-state index in [4.69, 9.17) is 0 Å². The summed E-state index contributed by atoms with van der Waals surface area (Å²) < 4.78 is 4.13. The molecule has 0 aliphatic rings. The van der Waals surface area contributed by atoms with Gasteiger partial charge < -0.3 is 5.32 Å². The lowest BCUT2D eigenvalue weighted by Gasteiger charge is -2.17. The van der Waals surface area contributed by atoms with Crippen LogP contribution < -0.4 is 5.32 Å². The van der Waals surface area contributed by atoms with Crippen molar-refractivity contribution in [2.75, 3.05) is 7.05 Å². The van der Waals surface area contributed by atoms with Crippen molar-refractivity contribution in [2.24, 2.45) is 0 Å². The van der Waals surface area contributed by atoms with Crippen molar-refractivity contribution in [1.82, 2.24) is 14.9 Å². The van der Waals surface area contributed by atoms with Crippen LogP contribution in [0.2, 0.25) is 0 Å². The van der Waals surface area contributed by atoms with Crippen molar-refractivity contribution in [3.63, 3.8) is 0 Å². The highest BCUT2D eigenvalue weighted by Gasteiger charge is 2.19. The highest BCUT2D eigenvalue weighted by Crippen LogP contribution is 2.28. The summed E-state index contributed by atoms with van der Waals surface area (Å²) in [5.74, 6) is 0.567. The van der Waals surface area contributed by atoms with Gasteiger partial charge in [-0.05, 0) is 42.0 Å². The molecule has 0 saturated carbocycles. The van der Waals surface area contributed by atoms with Gasteiger partial charge in [0.2, 0.25) is 0 Å². The number of hydrogen-bond acceptors (Lipinski definition) is 4. The summed E-state index contributed by atoms with van der Waals surface area (Å²) in [5, 5.41) is 7.67. The lowest BCUT2D eigenvalue weighted by atomic mass is 9.97. The van der Waals surface area contributed by atoms with Gasteiger partial charge in [0.25, 0.3) is 0 Å². The van der Waals surface area contributed by atoms with Crippen molar-refractivity contribution >= 4 is 11.5 Å². The predicted octanol–water partition coefficient (Wildman–Crippen LogP) is 3.92. The summed E-state index contributed by atoms with van der Waals surface area (Å²) in [6.45, 7) is 6.61. The average Bonchev–Trinajstić information content (AvgIpc) is 2.89. The van der Waals surface area contributed by atoms with Gasteiger partial charge in [0.05, 0.1) is 16.6 Å². The monoisotopic (exact) mass is 289 g/mol. The Morgan fingerprint density at radius 3 is 2.35 bits per heavy atom. The largest absolute Gasteiger partial charge is 0.309 e. The Labute approximate surface area is 125 Å². The van der Waals surface area contributed by atoms with E-state index in [1.54, 1.807) is 0 Å². The summed E-state index contributed by atoms with van der Waals surface area (Å²) in [6, 6.07) is 9.06. The number of aromatic nitrogens is 2. The van der Waals surface area contributed by atoms with Crippen LogP contribution in [0.1, 0.15) is 60.8 Å². The van der Waals surface area contributed by atoms with E-state index in [0.717, 1.165) is 18.5 Å². The first kappa shape index (κ1) is 15.1. The van der Waals surface area contributed by atoms with Gasteiger partial charge >= 0.3 is 0 Å². The van der Waals surface area contributed by atoms with Crippen molar-refractivity contribution < 1.29 is 0 Å². The molecule has 0 aliphatic heterocycles. The third kappa shape index (κ3) is 3.25. The third-order valence-corrected chi connectivity index (χ3v) is 4.39. The lowest BCUT2D eigenvalue weighted by Crippen LogP contribution is -2.18. The molecular formula is C16H23N3S. The van der Waals surface area contributed by atoms with Gasteiger partial charge in [-0.15, -0.1) is 5.10 Å². The van der Waals surface area contributed by atoms with E-state index >= 15 is 0 Å². The van der Waals surface area contributed by atoms with Crippen LogP contribution in [-0.4, -0.2) is 16.6 Å². The van der Waals surface area contributed by atoms with E-state index < -0.39 is 0 Å². The van der Waals surface area contributed by atoms with Crippen molar-refractivity contribution in [2.45, 2.75) is 45.6 Å². The van der Waals surface area contributed by atoms with Crippen LogP contribution in [0.3, 0.4) is 0 Å². The summed E-state index contributed by atoms with van der Waals surface area (Å²) in [7, 11) is 2.00. The lowest BCUT2D eigenvalue weighted by molar-refractivity contribution is 0.687. The molecule has 0 saturated heterocycles. The quantitative estimate of drug-likeness (QED) is 0.875. The van der Waals surface area contributed by atoms with Gasteiger partial charge in [-0.25, -0.2) is 0 Å². The van der Waals surface area contributed by atoms with Gasteiger partial charge in [-0.1, -0.05) is 55.9 Å². The standard InChI is InChI=1S/C16H23N3S/c1-5-6-14-16(20-19-18-14)15(17-4)13-9-7-12(8-10-13)11(2)3/h7-11,15,17H,5-6H2,1-4H3. The van der Waals surface area contributed by atoms with Crippen LogP contribution in [0.15, 0.2) is 24.3 Å². The van der Waals surface area contributed by atoms with Gasteiger partial charge in [-0.3, -0.25) is 0 Å². The molecule has 2 aromatic rings. The fourth-order valence-corrected chi connectivity index (χ4v) is 3.20. The Morgan fingerprint density at radius 1 is 1.15 bits per heavy atom. The molecular weight excluding hydrogens is 266 g/mol. The molecule has 20 heavy (non-hydrogen) atoms. The van der Waals surface area contributed by atoms with Crippen LogP contribution in [0.4, 0.5) is 0 Å². The number of rotatable bonds is 6. The third-order valence-electron chi connectivity index (χ3n) is 3.56. The molecule has 1 heterocycles. The Bertz CT molecular complexity index is 531. The van der Waals surface area contributed by atoms with Crippen molar-refractivity contribution in [3.8, 4) is 0 Å². The molecule has 1 atom stereocenters. The van der Waals surface area contributed by atoms with Gasteiger partial charge in [0, 0.05) is 0 Å². The SMILES string of the molecule is CCCc1nnsc1C(NC)c1ccc(C(C)C)cc1. The molecule has 0 radical (unpaired) electrons. The smallest absolute Gasteiger partial charge is 0.0807 e. The van der Waals surface area contributed by atoms with E-state index in [-0.39, 0.29) is 6.04 Å². The first-order valence-electron chi connectivity index (χ1n) is 7.25. The normalized spacial score (nSPS) is 12.8. The number of aryl methyl sites for hydroxylation is 1. The number of nitrogens with zero attached hydrogens (tertiary/aromatic N) is 2. The topological polar surface area (TPSA) is 37.8 Å². The molecule has 0 bridgehead atoms. The van der Waals surface area contributed by atoms with Crippen molar-refractivity contribution in [1.29, 1.82) is 0 Å². The molecule has 108 valence electrons. The minimum atomic E-state index is 0.192. The first-order valence-corrected chi connectivity index (χ1v) is 8.03. The second-order valence-corrected chi connectivity index (χ2v) is 6.16. The summed E-state index contributed by atoms with van der Waals surface area (Å²) in [4.78, 5) is 1.24. The second-order valence-electron chi connectivity index (χ2n) is 5.38. The highest BCUT2D eigenvalue weighted by molar-refractivity contribution is 7.05. The molecule has 0 spiro atoms. The molecule has 0 amide bonds. The highest BCUT2D eigenvalue weighted by atomic mass is 32.1. The molecule has 4 heteroatoms. The van der Waals surface area contributed by atoms with Crippen LogP contribution >= 0.6 is 11.5 Å². The van der Waals surface area contributed by atoms with Crippen LogP contribution in [0.5, 0.6) is 0 Å². The Kier molecular flexibility index (Phi) is 5.26. The fraction of sp³-hybridized carbons (Fsp3) is 0.500. The number of hydrogen-bond donors (Lipinski definition) is 1. The Morgan fingerprint density at radius 2 is 1.80 bits per heavy atom. The van der Waals surface area contributed by atoms with E-state index in [1.807, 2.05) is 7.05 Å². The van der Waals surface area contributed by atoms with Crippen molar-refractivity contribution in [3.05, 3.63) is 46.0 Å². The minimum absolute atomic E-state index is 0.192. The van der Waals surface area contributed by atoms with Crippen LogP contribution in [0, 0.1) is 0 Å². The number of benzene rings is 1. The molecule has 1 N–H and O–H groups in total. The van der Waals surface area contributed by atoms with E-state index in [1.165, 1.54) is 27.5 Å². The summed E-state index contributed by atoms with van der Waals surface area (Å²) >= 11 is 1.50. The second kappa shape index (κ2) is 6.95. The molecule has 0 fully saturated rings. The number of nitrogens with one attached hydrogen (secondary N) is 1. The molecule has 2 rings (SSSR count). The summed E-state index contributed by atoms with van der Waals surface area (Å²) in [5.41, 5.74) is 3.78. The molecule has 1 aromatic heterocycles. The first-order chi connectivity index (χ1) is 9.67. The zero-order valence-corrected chi connectivity index (χ0v) is 13.5. The van der Waals surface area contributed by atoms with E-state index in [0.29, 0.717) is 5.92 Å². The maximum absolute atomic E-state index is 4.27. The van der Waals surface area contributed by atoms with Crippen LogP contribution in [0.25, 0.3) is 0 Å². The molecule has 0 aliphatic carbocycles. The Hall–Kier alpha value is -1.26. The van der Waals surface area contributed by atoms with E-state index in [2.05, 4.69) is 59.9 Å². The molecule has 1 unspecified atom stereocenters. The average molecular weight is 289 g/mol. The zero-order valence-electron chi connectivity index (χ0n) is 12.7.